The van der Waals surface area contributed by atoms with Gasteiger partial charge < -0.3 is 4.90 Å². The Morgan fingerprint density at radius 3 is 1.68 bits per heavy atom. The largest absolute Gasteiger partial charge is 0.311 e. The lowest BCUT2D eigenvalue weighted by atomic mass is 9.79. The van der Waals surface area contributed by atoms with Crippen LogP contribution in [0.2, 0.25) is 0 Å². The average Bonchev–Trinajstić information content (AvgIpc) is 2.83. The zero-order chi connectivity index (χ0) is 27.2. The van der Waals surface area contributed by atoms with Crippen LogP contribution in [0.25, 0.3) is 6.08 Å². The molecule has 0 bridgehead atoms. The van der Waals surface area contributed by atoms with Crippen molar-refractivity contribution < 1.29 is 0 Å². The fourth-order valence-corrected chi connectivity index (χ4v) is 5.08. The fraction of sp³-hybridized carbons (Fsp3) is 0.286. The summed E-state index contributed by atoms with van der Waals surface area (Å²) < 4.78 is 0. The highest BCUT2D eigenvalue weighted by Gasteiger charge is 2.22. The maximum absolute atomic E-state index is 8.87. The molecule has 2 nitrogen and oxygen atoms in total. The molecule has 0 N–H and O–H groups in total. The Labute approximate surface area is 224 Å². The number of nitriles is 1. The van der Waals surface area contributed by atoms with E-state index in [1.165, 1.54) is 28.3 Å². The Morgan fingerprint density at radius 1 is 0.784 bits per heavy atom. The molecule has 0 heterocycles. The van der Waals surface area contributed by atoms with Gasteiger partial charge in [-0.2, -0.15) is 5.26 Å². The minimum atomic E-state index is -0.0343. The van der Waals surface area contributed by atoms with E-state index < -0.39 is 0 Å². The first-order valence-electron chi connectivity index (χ1n) is 12.9. The van der Waals surface area contributed by atoms with Gasteiger partial charge in [0.25, 0.3) is 0 Å². The first-order valence-corrected chi connectivity index (χ1v) is 12.9. The second kappa shape index (κ2) is 11.5. The van der Waals surface area contributed by atoms with E-state index >= 15 is 0 Å². The Bertz CT molecular complexity index is 1310. The van der Waals surface area contributed by atoms with Crippen LogP contribution in [0.4, 0.5) is 17.1 Å². The molecule has 37 heavy (non-hydrogen) atoms. The molecule has 0 amide bonds. The van der Waals surface area contributed by atoms with Gasteiger partial charge in [0, 0.05) is 28.6 Å². The molecule has 0 saturated heterocycles. The van der Waals surface area contributed by atoms with Crippen molar-refractivity contribution in [2.75, 3.05) is 4.90 Å². The minimum absolute atomic E-state index is 0.0298. The summed E-state index contributed by atoms with van der Waals surface area (Å²) in [4.78, 5) is 2.28. The van der Waals surface area contributed by atoms with E-state index in [2.05, 4.69) is 133 Å². The molecular formula is C35H40N2. The molecule has 2 heteroatoms. The van der Waals surface area contributed by atoms with Gasteiger partial charge >= 0.3 is 0 Å². The zero-order valence-corrected chi connectivity index (χ0v) is 23.5. The van der Waals surface area contributed by atoms with E-state index in [9.17, 15) is 0 Å². The van der Waals surface area contributed by atoms with Gasteiger partial charge in [0.05, 0.1) is 6.07 Å². The molecule has 190 valence electrons. The van der Waals surface area contributed by atoms with Crippen LogP contribution in [-0.2, 0) is 10.8 Å². The van der Waals surface area contributed by atoms with Crippen molar-refractivity contribution in [3.05, 3.63) is 119 Å². The second-order valence-corrected chi connectivity index (χ2v) is 11.4. The Hall–Kier alpha value is -3.83. The number of rotatable bonds is 9. The van der Waals surface area contributed by atoms with Gasteiger partial charge in [0.15, 0.2) is 0 Å². The first kappa shape index (κ1) is 27.8. The van der Waals surface area contributed by atoms with E-state index in [0.717, 1.165) is 29.0 Å². The summed E-state index contributed by atoms with van der Waals surface area (Å²) in [7, 11) is 0. The van der Waals surface area contributed by atoms with Crippen molar-refractivity contribution in [2.45, 2.75) is 65.7 Å². The monoisotopic (exact) mass is 488 g/mol. The lowest BCUT2D eigenvalue weighted by Crippen LogP contribution is -2.18. The molecule has 0 aromatic heterocycles. The second-order valence-electron chi connectivity index (χ2n) is 11.4. The highest BCUT2D eigenvalue weighted by Crippen LogP contribution is 2.38. The smallest absolute Gasteiger partial charge is 0.0912 e. The molecule has 0 radical (unpaired) electrons. The maximum Gasteiger partial charge on any atom is 0.0912 e. The van der Waals surface area contributed by atoms with Crippen molar-refractivity contribution in [1.82, 2.24) is 0 Å². The Balaban J connectivity index is 2.05. The summed E-state index contributed by atoms with van der Waals surface area (Å²) in [6.45, 7) is 19.6. The number of benzene rings is 3. The van der Waals surface area contributed by atoms with Gasteiger partial charge in [-0.15, -0.1) is 6.58 Å². The van der Waals surface area contributed by atoms with Gasteiger partial charge in [-0.05, 0) is 91.8 Å². The van der Waals surface area contributed by atoms with Crippen LogP contribution in [0.15, 0.2) is 103 Å². The molecule has 0 atom stereocenters. The van der Waals surface area contributed by atoms with Gasteiger partial charge in [0.1, 0.15) is 0 Å². The molecule has 3 rings (SSSR count). The Kier molecular flexibility index (Phi) is 8.61. The standard InChI is InChI=1S/C35H40N2/c1-26(2)24-34(5,6)29-13-19-32(20-14-29)37(31-17-11-28(12-18-31)10-9-23-36)33-21-15-30(16-22-33)35(7,8)25-27(3)4/h9-22,25H,1,24H2,2-8H3/b10-9+. The van der Waals surface area contributed by atoms with Crippen LogP contribution in [-0.4, -0.2) is 0 Å². The SMILES string of the molecule is C=C(C)CC(C)(C)c1ccc(N(c2ccc(/C=C/C#N)cc2)c2ccc(C(C)(C)C=C(C)C)cc2)cc1. The topological polar surface area (TPSA) is 27.0 Å². The molecule has 0 fully saturated rings. The molecular weight excluding hydrogens is 448 g/mol. The van der Waals surface area contributed by atoms with Gasteiger partial charge in [-0.3, -0.25) is 0 Å². The minimum Gasteiger partial charge on any atom is -0.311 e. The molecule has 0 aliphatic carbocycles. The van der Waals surface area contributed by atoms with Crippen molar-refractivity contribution in [3.63, 3.8) is 0 Å². The first-order chi connectivity index (χ1) is 17.4. The molecule has 3 aromatic rings. The van der Waals surface area contributed by atoms with E-state index in [-0.39, 0.29) is 10.8 Å². The van der Waals surface area contributed by atoms with Crippen LogP contribution >= 0.6 is 0 Å². The fourth-order valence-electron chi connectivity index (χ4n) is 5.08. The third-order valence-electron chi connectivity index (χ3n) is 6.67. The summed E-state index contributed by atoms with van der Waals surface area (Å²) in [6, 6.07) is 28.1. The molecule has 0 saturated carbocycles. The molecule has 0 spiro atoms. The highest BCUT2D eigenvalue weighted by atomic mass is 15.1. The van der Waals surface area contributed by atoms with Crippen LogP contribution in [0, 0.1) is 11.3 Å². The molecule has 3 aromatic carbocycles. The van der Waals surface area contributed by atoms with Crippen LogP contribution < -0.4 is 4.90 Å². The van der Waals surface area contributed by atoms with E-state index in [1.807, 2.05) is 18.2 Å². The van der Waals surface area contributed by atoms with Gasteiger partial charge in [-0.1, -0.05) is 81.3 Å². The lowest BCUT2D eigenvalue weighted by molar-refractivity contribution is 0.520. The van der Waals surface area contributed by atoms with Crippen LogP contribution in [0.3, 0.4) is 0 Å². The van der Waals surface area contributed by atoms with Crippen LogP contribution in [0.1, 0.15) is 71.6 Å². The van der Waals surface area contributed by atoms with Crippen molar-refractivity contribution in [1.29, 1.82) is 5.26 Å². The molecule has 0 unspecified atom stereocenters. The van der Waals surface area contributed by atoms with E-state index in [1.54, 1.807) is 0 Å². The predicted octanol–water partition coefficient (Wildman–Crippen LogP) is 10.2. The molecule has 0 aliphatic heterocycles. The quantitative estimate of drug-likeness (QED) is 0.221. The third kappa shape index (κ3) is 7.11. The zero-order valence-electron chi connectivity index (χ0n) is 23.5. The molecule has 0 aliphatic rings. The normalized spacial score (nSPS) is 11.7. The predicted molar refractivity (Wildman–Crippen MR) is 161 cm³/mol. The summed E-state index contributed by atoms with van der Waals surface area (Å²) in [5, 5.41) is 8.87. The summed E-state index contributed by atoms with van der Waals surface area (Å²) in [6.07, 6.45) is 6.60. The maximum atomic E-state index is 8.87. The van der Waals surface area contributed by atoms with Crippen molar-refractivity contribution >= 4 is 23.1 Å². The summed E-state index contributed by atoms with van der Waals surface area (Å²) in [5.74, 6) is 0. The van der Waals surface area contributed by atoms with Crippen LogP contribution in [0.5, 0.6) is 0 Å². The number of hydrogen-bond acceptors (Lipinski definition) is 2. The van der Waals surface area contributed by atoms with E-state index in [4.69, 9.17) is 5.26 Å². The van der Waals surface area contributed by atoms with Crippen molar-refractivity contribution in [3.8, 4) is 6.07 Å². The lowest BCUT2D eigenvalue weighted by Gasteiger charge is -2.29. The number of allylic oxidation sites excluding steroid dienone is 4. The highest BCUT2D eigenvalue weighted by molar-refractivity contribution is 5.77. The number of anilines is 3. The number of nitrogens with zero attached hydrogens (tertiary/aromatic N) is 2. The summed E-state index contributed by atoms with van der Waals surface area (Å²) in [5.41, 5.74) is 9.36. The van der Waals surface area contributed by atoms with Gasteiger partial charge in [0.2, 0.25) is 0 Å². The Morgan fingerprint density at radius 2 is 1.24 bits per heavy atom. The average molecular weight is 489 g/mol. The van der Waals surface area contributed by atoms with Gasteiger partial charge in [-0.25, -0.2) is 0 Å². The number of hydrogen-bond donors (Lipinski definition) is 0. The summed E-state index contributed by atoms with van der Waals surface area (Å²) >= 11 is 0. The third-order valence-corrected chi connectivity index (χ3v) is 6.67. The van der Waals surface area contributed by atoms with Crippen molar-refractivity contribution in [2.24, 2.45) is 0 Å². The van der Waals surface area contributed by atoms with E-state index in [0.29, 0.717) is 0 Å².